The highest BCUT2D eigenvalue weighted by molar-refractivity contribution is 7.92. The molecule has 8 heteroatoms. The van der Waals surface area contributed by atoms with E-state index in [1.165, 1.54) is 10.9 Å². The summed E-state index contributed by atoms with van der Waals surface area (Å²) in [7, 11) is -1.88. The maximum absolute atomic E-state index is 12.3. The number of sulfone groups is 1. The molecule has 0 unspecified atom stereocenters. The first-order chi connectivity index (χ1) is 9.45. The molecule has 108 valence electrons. The number of hydrogen-bond donors (Lipinski definition) is 0. The first-order valence-corrected chi connectivity index (χ1v) is 8.43. The van der Waals surface area contributed by atoms with Crippen molar-refractivity contribution in [1.29, 1.82) is 0 Å². The van der Waals surface area contributed by atoms with Crippen molar-refractivity contribution in [1.82, 2.24) is 9.78 Å². The molecule has 20 heavy (non-hydrogen) atoms. The molecule has 2 aromatic rings. The number of thiophene rings is 1. The van der Waals surface area contributed by atoms with Crippen LogP contribution in [-0.4, -0.2) is 30.8 Å². The monoisotopic (exact) mass is 314 g/mol. The molecule has 2 rings (SSSR count). The van der Waals surface area contributed by atoms with E-state index in [0.717, 1.165) is 11.3 Å². The summed E-state index contributed by atoms with van der Waals surface area (Å²) in [6, 6.07) is 3.22. The van der Waals surface area contributed by atoms with Gasteiger partial charge in [0.05, 0.1) is 24.3 Å². The second-order valence-electron chi connectivity index (χ2n) is 4.04. The lowest BCUT2D eigenvalue weighted by Gasteiger charge is -2.06. The molecule has 0 radical (unpaired) electrons. The maximum Gasteiger partial charge on any atom is 0.341 e. The highest BCUT2D eigenvalue weighted by Crippen LogP contribution is 2.22. The van der Waals surface area contributed by atoms with Gasteiger partial charge in [0, 0.05) is 7.05 Å². The van der Waals surface area contributed by atoms with E-state index in [9.17, 15) is 13.2 Å². The van der Waals surface area contributed by atoms with Crippen LogP contribution in [0.1, 0.15) is 23.0 Å². The van der Waals surface area contributed by atoms with Crippen molar-refractivity contribution in [3.8, 4) is 0 Å². The minimum Gasteiger partial charge on any atom is -0.462 e. The largest absolute Gasteiger partial charge is 0.462 e. The van der Waals surface area contributed by atoms with Gasteiger partial charge in [-0.2, -0.15) is 5.10 Å². The molecule has 0 aliphatic carbocycles. The predicted octanol–water partition coefficient (Wildman–Crippen LogP) is 1.63. The lowest BCUT2D eigenvalue weighted by molar-refractivity contribution is 0.0525. The third-order valence-corrected chi connectivity index (χ3v) is 5.80. The highest BCUT2D eigenvalue weighted by Gasteiger charge is 2.24. The van der Waals surface area contributed by atoms with Gasteiger partial charge in [0.1, 0.15) is 9.77 Å². The van der Waals surface area contributed by atoms with E-state index in [-0.39, 0.29) is 22.1 Å². The van der Waals surface area contributed by atoms with Crippen molar-refractivity contribution in [2.24, 2.45) is 7.05 Å². The minimum atomic E-state index is -3.48. The van der Waals surface area contributed by atoms with Gasteiger partial charge < -0.3 is 4.74 Å². The van der Waals surface area contributed by atoms with E-state index < -0.39 is 15.8 Å². The van der Waals surface area contributed by atoms with Gasteiger partial charge in [-0.3, -0.25) is 4.68 Å². The van der Waals surface area contributed by atoms with E-state index in [1.54, 1.807) is 31.5 Å². The summed E-state index contributed by atoms with van der Waals surface area (Å²) in [5.41, 5.74) is 0.520. The Morgan fingerprint density at radius 3 is 2.85 bits per heavy atom. The Morgan fingerprint density at radius 1 is 1.50 bits per heavy atom. The molecule has 0 aliphatic rings. The highest BCUT2D eigenvalue weighted by atomic mass is 32.2. The van der Waals surface area contributed by atoms with Crippen LogP contribution in [0.4, 0.5) is 0 Å². The Hall–Kier alpha value is -1.67. The molecule has 0 aliphatic heterocycles. The Balaban J connectivity index is 2.35. The summed E-state index contributed by atoms with van der Waals surface area (Å²) in [5, 5.41) is 5.64. The second-order valence-corrected chi connectivity index (χ2v) is 7.20. The molecule has 0 N–H and O–H groups in total. The number of rotatable bonds is 5. The van der Waals surface area contributed by atoms with Gasteiger partial charge in [-0.15, -0.1) is 11.3 Å². The van der Waals surface area contributed by atoms with Crippen LogP contribution in [0.15, 0.2) is 27.9 Å². The standard InChI is InChI=1S/C12H14N2O4S2/c1-3-18-12(15)9-7-13-14(2)10(9)8-20(16,17)11-5-4-6-19-11/h4-7H,3,8H2,1-2H3. The number of aromatic nitrogens is 2. The molecular formula is C12H14N2O4S2. The number of aryl methyl sites for hydroxylation is 1. The van der Waals surface area contributed by atoms with Gasteiger partial charge >= 0.3 is 5.97 Å². The number of esters is 1. The number of hydrogen-bond acceptors (Lipinski definition) is 6. The Morgan fingerprint density at radius 2 is 2.25 bits per heavy atom. The average molecular weight is 314 g/mol. The Kier molecular flexibility index (Phi) is 4.24. The number of carbonyl (C=O) groups excluding carboxylic acids is 1. The van der Waals surface area contributed by atoms with Gasteiger partial charge in [0.25, 0.3) is 0 Å². The number of nitrogens with zero attached hydrogens (tertiary/aromatic N) is 2. The zero-order chi connectivity index (χ0) is 14.8. The number of ether oxygens (including phenoxy) is 1. The molecule has 0 bridgehead atoms. The van der Waals surface area contributed by atoms with Crippen LogP contribution in [0.2, 0.25) is 0 Å². The molecule has 0 spiro atoms. The van der Waals surface area contributed by atoms with Gasteiger partial charge in [-0.25, -0.2) is 13.2 Å². The van der Waals surface area contributed by atoms with Crippen molar-refractivity contribution in [2.45, 2.75) is 16.9 Å². The maximum atomic E-state index is 12.3. The van der Waals surface area contributed by atoms with Crippen LogP contribution < -0.4 is 0 Å². The normalized spacial score (nSPS) is 11.5. The number of carbonyl (C=O) groups is 1. The smallest absolute Gasteiger partial charge is 0.341 e. The van der Waals surface area contributed by atoms with E-state index in [0.29, 0.717) is 5.69 Å². The summed E-state index contributed by atoms with van der Waals surface area (Å²) in [5.74, 6) is -0.838. The summed E-state index contributed by atoms with van der Waals surface area (Å²) >= 11 is 1.15. The van der Waals surface area contributed by atoms with Crippen LogP contribution in [0.25, 0.3) is 0 Å². The summed E-state index contributed by atoms with van der Waals surface area (Å²) in [6.45, 7) is 1.92. The lowest BCUT2D eigenvalue weighted by atomic mass is 10.3. The van der Waals surface area contributed by atoms with Crippen molar-refractivity contribution < 1.29 is 17.9 Å². The van der Waals surface area contributed by atoms with Crippen molar-refractivity contribution in [3.05, 3.63) is 35.0 Å². The van der Waals surface area contributed by atoms with Gasteiger partial charge in [0.2, 0.25) is 0 Å². The molecule has 2 heterocycles. The predicted molar refractivity (Wildman–Crippen MR) is 74.4 cm³/mol. The molecule has 0 saturated carbocycles. The zero-order valence-corrected chi connectivity index (χ0v) is 12.7. The third kappa shape index (κ3) is 2.91. The minimum absolute atomic E-state index is 0.189. The van der Waals surface area contributed by atoms with Gasteiger partial charge in [-0.1, -0.05) is 6.07 Å². The molecule has 6 nitrogen and oxygen atoms in total. The summed E-state index contributed by atoms with van der Waals surface area (Å²) in [4.78, 5) is 11.8. The fourth-order valence-corrected chi connectivity index (χ4v) is 4.21. The van der Waals surface area contributed by atoms with Crippen LogP contribution in [-0.2, 0) is 27.4 Å². The summed E-state index contributed by atoms with van der Waals surface area (Å²) in [6.07, 6.45) is 1.33. The van der Waals surface area contributed by atoms with Crippen LogP contribution >= 0.6 is 11.3 Å². The third-order valence-electron chi connectivity index (χ3n) is 2.69. The quantitative estimate of drug-likeness (QED) is 0.784. The van der Waals surface area contributed by atoms with E-state index in [1.807, 2.05) is 0 Å². The fourth-order valence-electron chi connectivity index (χ4n) is 1.70. The fraction of sp³-hybridized carbons (Fsp3) is 0.333. The average Bonchev–Trinajstić information content (AvgIpc) is 3.01. The lowest BCUT2D eigenvalue weighted by Crippen LogP contribution is -2.13. The molecular weight excluding hydrogens is 300 g/mol. The molecule has 0 atom stereocenters. The van der Waals surface area contributed by atoms with Crippen molar-refractivity contribution >= 4 is 27.1 Å². The molecule has 0 fully saturated rings. The first kappa shape index (κ1) is 14.7. The molecule has 0 aromatic carbocycles. The Labute approximate surface area is 120 Å². The van der Waals surface area contributed by atoms with Crippen molar-refractivity contribution in [2.75, 3.05) is 6.61 Å². The topological polar surface area (TPSA) is 78.3 Å². The molecule has 0 saturated heterocycles. The van der Waals surface area contributed by atoms with E-state index in [2.05, 4.69) is 5.10 Å². The second kappa shape index (κ2) is 5.76. The molecule has 2 aromatic heterocycles. The van der Waals surface area contributed by atoms with Crippen LogP contribution in [0, 0.1) is 0 Å². The van der Waals surface area contributed by atoms with Gasteiger partial charge in [-0.05, 0) is 18.4 Å². The van der Waals surface area contributed by atoms with E-state index >= 15 is 0 Å². The van der Waals surface area contributed by atoms with Crippen LogP contribution in [0.3, 0.4) is 0 Å². The first-order valence-electron chi connectivity index (χ1n) is 5.90. The Bertz CT molecular complexity index is 702. The summed E-state index contributed by atoms with van der Waals surface area (Å²) < 4.78 is 31.1. The van der Waals surface area contributed by atoms with Crippen LogP contribution in [0.5, 0.6) is 0 Å². The van der Waals surface area contributed by atoms with Gasteiger partial charge in [0.15, 0.2) is 9.84 Å². The molecule has 0 amide bonds. The van der Waals surface area contributed by atoms with E-state index in [4.69, 9.17) is 4.74 Å². The van der Waals surface area contributed by atoms with Crippen molar-refractivity contribution in [3.63, 3.8) is 0 Å². The SMILES string of the molecule is CCOC(=O)c1cnn(C)c1CS(=O)(=O)c1cccs1. The zero-order valence-electron chi connectivity index (χ0n) is 11.1.